The van der Waals surface area contributed by atoms with E-state index in [0.29, 0.717) is 38.2 Å². The average Bonchev–Trinajstić information content (AvgIpc) is 2.52. The van der Waals surface area contributed by atoms with Gasteiger partial charge in [0.2, 0.25) is 5.91 Å². The van der Waals surface area contributed by atoms with Gasteiger partial charge in [-0.15, -0.1) is 0 Å². The SMILES string of the molecule is CNC(=N)NCCCCCCNC(=O)CCCCC(=O)C(C)(C)O. The van der Waals surface area contributed by atoms with Crippen molar-refractivity contribution < 1.29 is 14.7 Å². The van der Waals surface area contributed by atoms with Gasteiger partial charge in [-0.25, -0.2) is 0 Å². The predicted molar refractivity (Wildman–Crippen MR) is 96.0 cm³/mol. The third-order valence-electron chi connectivity index (χ3n) is 3.72. The molecule has 0 unspecified atom stereocenters. The van der Waals surface area contributed by atoms with E-state index < -0.39 is 5.60 Å². The second-order valence-electron chi connectivity index (χ2n) is 6.51. The van der Waals surface area contributed by atoms with Crippen LogP contribution in [0.2, 0.25) is 0 Å². The number of carbonyl (C=O) groups is 2. The minimum atomic E-state index is -1.27. The van der Waals surface area contributed by atoms with E-state index in [2.05, 4.69) is 16.0 Å². The Balaban J connectivity index is 3.42. The highest BCUT2D eigenvalue weighted by Gasteiger charge is 2.22. The maximum atomic E-state index is 11.6. The van der Waals surface area contributed by atoms with Gasteiger partial charge < -0.3 is 21.1 Å². The number of ketones is 1. The lowest BCUT2D eigenvalue weighted by Crippen LogP contribution is -2.34. The Morgan fingerprint density at radius 3 is 2.00 bits per heavy atom. The Kier molecular flexibility index (Phi) is 11.9. The largest absolute Gasteiger partial charge is 0.383 e. The molecular weight excluding hydrogens is 308 g/mol. The minimum Gasteiger partial charge on any atom is -0.383 e. The molecule has 1 amide bonds. The Morgan fingerprint density at radius 2 is 1.46 bits per heavy atom. The maximum Gasteiger partial charge on any atom is 0.219 e. The molecule has 0 aliphatic carbocycles. The third-order valence-corrected chi connectivity index (χ3v) is 3.72. The van der Waals surface area contributed by atoms with E-state index >= 15 is 0 Å². The molecule has 0 rings (SSSR count). The van der Waals surface area contributed by atoms with Gasteiger partial charge in [0.1, 0.15) is 5.60 Å². The highest BCUT2D eigenvalue weighted by molar-refractivity contribution is 5.86. The number of amides is 1. The average molecular weight is 342 g/mol. The molecule has 7 nitrogen and oxygen atoms in total. The first kappa shape index (κ1) is 22.4. The van der Waals surface area contributed by atoms with E-state index in [0.717, 1.165) is 32.2 Å². The highest BCUT2D eigenvalue weighted by Crippen LogP contribution is 2.10. The molecule has 0 aromatic carbocycles. The maximum absolute atomic E-state index is 11.6. The fraction of sp³-hybridized carbons (Fsp3) is 0.824. The summed E-state index contributed by atoms with van der Waals surface area (Å²) in [6.07, 6.45) is 6.11. The molecule has 0 aromatic heterocycles. The molecule has 0 aromatic rings. The molecule has 140 valence electrons. The zero-order chi connectivity index (χ0) is 18.4. The Morgan fingerprint density at radius 1 is 0.917 bits per heavy atom. The molecular formula is C17H34N4O3. The van der Waals surface area contributed by atoms with Crippen LogP contribution < -0.4 is 16.0 Å². The van der Waals surface area contributed by atoms with Gasteiger partial charge in [-0.05, 0) is 39.5 Å². The summed E-state index contributed by atoms with van der Waals surface area (Å²) in [5, 5.41) is 25.4. The van der Waals surface area contributed by atoms with Gasteiger partial charge in [0.25, 0.3) is 0 Å². The monoisotopic (exact) mass is 342 g/mol. The van der Waals surface area contributed by atoms with Crippen molar-refractivity contribution in [2.75, 3.05) is 20.1 Å². The smallest absolute Gasteiger partial charge is 0.219 e. The molecule has 0 spiro atoms. The summed E-state index contributed by atoms with van der Waals surface area (Å²) in [5.74, 6) is 0.184. The van der Waals surface area contributed by atoms with Crippen LogP contribution in [0.15, 0.2) is 0 Å². The number of hydrogen-bond acceptors (Lipinski definition) is 4. The number of Topliss-reactive ketones (excluding diaryl/α,β-unsaturated/α-hetero) is 1. The Labute approximate surface area is 145 Å². The van der Waals surface area contributed by atoms with E-state index in [1.165, 1.54) is 13.8 Å². The van der Waals surface area contributed by atoms with Crippen molar-refractivity contribution in [3.63, 3.8) is 0 Å². The number of aliphatic hydroxyl groups is 1. The molecule has 7 heteroatoms. The zero-order valence-corrected chi connectivity index (χ0v) is 15.3. The second kappa shape index (κ2) is 12.8. The van der Waals surface area contributed by atoms with Crippen molar-refractivity contribution in [2.45, 2.75) is 70.8 Å². The third kappa shape index (κ3) is 12.9. The van der Waals surface area contributed by atoms with Crippen molar-refractivity contribution in [1.29, 1.82) is 5.41 Å². The number of rotatable bonds is 13. The van der Waals surface area contributed by atoms with Crippen LogP contribution in [-0.4, -0.2) is 48.5 Å². The molecule has 0 saturated carbocycles. The van der Waals surface area contributed by atoms with E-state index in [1.807, 2.05) is 0 Å². The van der Waals surface area contributed by atoms with E-state index in [-0.39, 0.29) is 11.7 Å². The van der Waals surface area contributed by atoms with Gasteiger partial charge in [-0.2, -0.15) is 0 Å². The van der Waals surface area contributed by atoms with Crippen LogP contribution in [0.1, 0.15) is 65.2 Å². The molecule has 0 bridgehead atoms. The summed E-state index contributed by atoms with van der Waals surface area (Å²) >= 11 is 0. The first-order chi connectivity index (χ1) is 11.3. The van der Waals surface area contributed by atoms with Gasteiger partial charge in [-0.3, -0.25) is 15.0 Å². The summed E-state index contributed by atoms with van der Waals surface area (Å²) in [5.41, 5.74) is -1.27. The topological polar surface area (TPSA) is 114 Å². The van der Waals surface area contributed by atoms with Crippen LogP contribution in [0, 0.1) is 5.41 Å². The second-order valence-corrected chi connectivity index (χ2v) is 6.51. The minimum absolute atomic E-state index is 0.0230. The summed E-state index contributed by atoms with van der Waals surface area (Å²) in [7, 11) is 1.71. The van der Waals surface area contributed by atoms with E-state index in [9.17, 15) is 14.7 Å². The van der Waals surface area contributed by atoms with Crippen LogP contribution in [0.5, 0.6) is 0 Å². The van der Waals surface area contributed by atoms with Crippen LogP contribution in [0.3, 0.4) is 0 Å². The lowest BCUT2D eigenvalue weighted by Gasteiger charge is -2.14. The lowest BCUT2D eigenvalue weighted by molar-refractivity contribution is -0.134. The quantitative estimate of drug-likeness (QED) is 0.197. The number of hydrogen-bond donors (Lipinski definition) is 5. The van der Waals surface area contributed by atoms with Gasteiger partial charge >= 0.3 is 0 Å². The van der Waals surface area contributed by atoms with Crippen LogP contribution in [0.4, 0.5) is 0 Å². The van der Waals surface area contributed by atoms with Crippen molar-refractivity contribution in [3.8, 4) is 0 Å². The molecule has 24 heavy (non-hydrogen) atoms. The van der Waals surface area contributed by atoms with Crippen molar-refractivity contribution >= 4 is 17.6 Å². The highest BCUT2D eigenvalue weighted by atomic mass is 16.3. The summed E-state index contributed by atoms with van der Waals surface area (Å²) in [6, 6.07) is 0. The number of guanidine groups is 1. The number of carbonyl (C=O) groups excluding carboxylic acids is 2. The molecule has 0 radical (unpaired) electrons. The fourth-order valence-corrected chi connectivity index (χ4v) is 2.10. The van der Waals surface area contributed by atoms with E-state index in [1.54, 1.807) is 7.05 Å². The molecule has 0 fully saturated rings. The molecule has 0 aliphatic rings. The Bertz CT molecular complexity index is 392. The molecule has 5 N–H and O–H groups in total. The molecule has 0 heterocycles. The van der Waals surface area contributed by atoms with Gasteiger partial charge in [0.05, 0.1) is 0 Å². The summed E-state index contributed by atoms with van der Waals surface area (Å²) in [4.78, 5) is 23.2. The molecule has 0 atom stereocenters. The summed E-state index contributed by atoms with van der Waals surface area (Å²) in [6.45, 7) is 4.45. The fourth-order valence-electron chi connectivity index (χ4n) is 2.10. The van der Waals surface area contributed by atoms with E-state index in [4.69, 9.17) is 5.41 Å². The van der Waals surface area contributed by atoms with Crippen molar-refractivity contribution in [2.24, 2.45) is 0 Å². The van der Waals surface area contributed by atoms with Crippen LogP contribution in [-0.2, 0) is 9.59 Å². The van der Waals surface area contributed by atoms with Gasteiger partial charge in [-0.1, -0.05) is 12.8 Å². The zero-order valence-electron chi connectivity index (χ0n) is 15.3. The number of nitrogens with one attached hydrogen (secondary N) is 4. The number of unbranched alkanes of at least 4 members (excludes halogenated alkanes) is 4. The Hall–Kier alpha value is -1.63. The first-order valence-corrected chi connectivity index (χ1v) is 8.80. The molecule has 0 aliphatic heterocycles. The van der Waals surface area contributed by atoms with Gasteiger partial charge in [0, 0.05) is 33.0 Å². The van der Waals surface area contributed by atoms with Crippen molar-refractivity contribution in [1.82, 2.24) is 16.0 Å². The predicted octanol–water partition coefficient (Wildman–Crippen LogP) is 1.31. The standard InChI is InChI=1S/C17H34N4O3/c1-17(2,24)14(22)10-6-7-11-15(23)20-12-8-4-5-9-13-21-16(18)19-3/h24H,4-13H2,1-3H3,(H,20,23)(H3,18,19,21). The summed E-state index contributed by atoms with van der Waals surface area (Å²) < 4.78 is 0. The van der Waals surface area contributed by atoms with Crippen LogP contribution >= 0.6 is 0 Å². The first-order valence-electron chi connectivity index (χ1n) is 8.80. The van der Waals surface area contributed by atoms with Crippen molar-refractivity contribution in [3.05, 3.63) is 0 Å². The van der Waals surface area contributed by atoms with Gasteiger partial charge in [0.15, 0.2) is 11.7 Å². The lowest BCUT2D eigenvalue weighted by atomic mass is 9.98. The molecule has 0 saturated heterocycles. The normalized spacial score (nSPS) is 11.0. The van der Waals surface area contributed by atoms with Crippen LogP contribution in [0.25, 0.3) is 0 Å².